The van der Waals surface area contributed by atoms with E-state index in [1.807, 2.05) is 13.8 Å². The predicted octanol–water partition coefficient (Wildman–Crippen LogP) is 1.66. The number of hydrogen-bond donors (Lipinski definition) is 1. The van der Waals surface area contributed by atoms with E-state index in [2.05, 4.69) is 0 Å². The van der Waals surface area contributed by atoms with E-state index in [1.54, 1.807) is 13.0 Å². The molecular weight excluding hydrogens is 252 g/mol. The van der Waals surface area contributed by atoms with E-state index in [1.165, 1.54) is 16.2 Å². The van der Waals surface area contributed by atoms with Crippen molar-refractivity contribution in [1.82, 2.24) is 4.90 Å². The molecular formula is C12H18N2O3S. The number of aryl methyl sites for hydroxylation is 1. The van der Waals surface area contributed by atoms with Crippen molar-refractivity contribution in [3.63, 3.8) is 0 Å². The number of ether oxygens (including phenoxy) is 1. The molecule has 0 aromatic carbocycles. The maximum Gasteiger partial charge on any atom is 0.325 e. The molecule has 0 unspecified atom stereocenters. The van der Waals surface area contributed by atoms with Gasteiger partial charge in [-0.05, 0) is 26.8 Å². The predicted molar refractivity (Wildman–Crippen MR) is 71.7 cm³/mol. The number of carbonyl (C=O) groups is 2. The molecule has 1 rings (SSSR count). The molecule has 0 aliphatic carbocycles. The molecule has 0 aliphatic heterocycles. The summed E-state index contributed by atoms with van der Waals surface area (Å²) in [5.74, 6) is -0.579. The van der Waals surface area contributed by atoms with Crippen LogP contribution in [0.3, 0.4) is 0 Å². The first-order valence-corrected chi connectivity index (χ1v) is 6.62. The standard InChI is InChI=1S/C12H18N2O3S/c1-4-14(7-11(15)17-5-2)12(16)10-6-9(13)8(3)18-10/h6H,4-5,7,13H2,1-3H3. The van der Waals surface area contributed by atoms with Gasteiger partial charge in [0.15, 0.2) is 0 Å². The highest BCUT2D eigenvalue weighted by molar-refractivity contribution is 7.14. The minimum atomic E-state index is -0.394. The van der Waals surface area contributed by atoms with Gasteiger partial charge in [-0.3, -0.25) is 9.59 Å². The van der Waals surface area contributed by atoms with Gasteiger partial charge >= 0.3 is 5.97 Å². The summed E-state index contributed by atoms with van der Waals surface area (Å²) in [4.78, 5) is 26.4. The Balaban J connectivity index is 2.76. The van der Waals surface area contributed by atoms with Gasteiger partial charge in [0.25, 0.3) is 5.91 Å². The zero-order chi connectivity index (χ0) is 13.7. The lowest BCUT2D eigenvalue weighted by Gasteiger charge is -2.18. The Morgan fingerprint density at radius 2 is 2.11 bits per heavy atom. The molecule has 6 heteroatoms. The number of hydrogen-bond acceptors (Lipinski definition) is 5. The van der Waals surface area contributed by atoms with Crippen LogP contribution in [0, 0.1) is 6.92 Å². The lowest BCUT2D eigenvalue weighted by molar-refractivity contribution is -0.143. The van der Waals surface area contributed by atoms with Crippen molar-refractivity contribution >= 4 is 28.9 Å². The fraction of sp³-hybridized carbons (Fsp3) is 0.500. The van der Waals surface area contributed by atoms with Crippen molar-refractivity contribution in [1.29, 1.82) is 0 Å². The lowest BCUT2D eigenvalue weighted by Crippen LogP contribution is -2.35. The van der Waals surface area contributed by atoms with Crippen LogP contribution < -0.4 is 5.73 Å². The van der Waals surface area contributed by atoms with Gasteiger partial charge in [0.05, 0.1) is 11.5 Å². The molecule has 0 aliphatic rings. The zero-order valence-electron chi connectivity index (χ0n) is 10.9. The summed E-state index contributed by atoms with van der Waals surface area (Å²) in [6.07, 6.45) is 0. The van der Waals surface area contributed by atoms with E-state index in [9.17, 15) is 9.59 Å². The number of likely N-dealkylation sites (N-methyl/N-ethyl adjacent to an activating group) is 1. The largest absolute Gasteiger partial charge is 0.465 e. The van der Waals surface area contributed by atoms with Crippen molar-refractivity contribution in [2.24, 2.45) is 0 Å². The maximum atomic E-state index is 12.2. The number of esters is 1. The fourth-order valence-corrected chi connectivity index (χ4v) is 2.36. The molecule has 18 heavy (non-hydrogen) atoms. The van der Waals surface area contributed by atoms with Gasteiger partial charge in [-0.1, -0.05) is 0 Å². The van der Waals surface area contributed by atoms with Crippen molar-refractivity contribution in [3.05, 3.63) is 15.8 Å². The number of anilines is 1. The Morgan fingerprint density at radius 3 is 2.56 bits per heavy atom. The van der Waals surface area contributed by atoms with Crippen LogP contribution in [-0.4, -0.2) is 36.5 Å². The van der Waals surface area contributed by atoms with Crippen molar-refractivity contribution < 1.29 is 14.3 Å². The van der Waals surface area contributed by atoms with Crippen LogP contribution in [0.5, 0.6) is 0 Å². The minimum absolute atomic E-state index is 0.0278. The van der Waals surface area contributed by atoms with Gasteiger partial charge in [0.1, 0.15) is 6.54 Å². The van der Waals surface area contributed by atoms with E-state index in [0.717, 1.165) is 4.88 Å². The van der Waals surface area contributed by atoms with Crippen LogP contribution >= 0.6 is 11.3 Å². The van der Waals surface area contributed by atoms with Crippen LogP contribution in [0.25, 0.3) is 0 Å². The number of nitrogen functional groups attached to an aromatic ring is 1. The zero-order valence-corrected chi connectivity index (χ0v) is 11.7. The average Bonchev–Trinajstić information content (AvgIpc) is 2.66. The molecule has 1 heterocycles. The molecule has 0 spiro atoms. The molecule has 1 aromatic heterocycles. The lowest BCUT2D eigenvalue weighted by atomic mass is 10.3. The summed E-state index contributed by atoms with van der Waals surface area (Å²) in [5.41, 5.74) is 6.32. The smallest absolute Gasteiger partial charge is 0.325 e. The van der Waals surface area contributed by atoms with Gasteiger partial charge in [-0.2, -0.15) is 0 Å². The highest BCUT2D eigenvalue weighted by atomic mass is 32.1. The van der Waals surface area contributed by atoms with E-state index in [4.69, 9.17) is 10.5 Å². The first-order valence-electron chi connectivity index (χ1n) is 5.80. The van der Waals surface area contributed by atoms with Gasteiger partial charge in [0.2, 0.25) is 0 Å². The van der Waals surface area contributed by atoms with E-state index in [-0.39, 0.29) is 12.5 Å². The molecule has 100 valence electrons. The maximum absolute atomic E-state index is 12.2. The first-order chi connectivity index (χ1) is 8.49. The average molecular weight is 270 g/mol. The fourth-order valence-electron chi connectivity index (χ4n) is 1.45. The van der Waals surface area contributed by atoms with Crippen LogP contribution in [0.4, 0.5) is 5.69 Å². The Labute approximate surface area is 111 Å². The molecule has 1 amide bonds. The van der Waals surface area contributed by atoms with Crippen molar-refractivity contribution in [2.75, 3.05) is 25.4 Å². The summed E-state index contributed by atoms with van der Waals surface area (Å²) in [7, 11) is 0. The topological polar surface area (TPSA) is 72.6 Å². The number of amides is 1. The van der Waals surface area contributed by atoms with Gasteiger partial charge in [-0.25, -0.2) is 0 Å². The Morgan fingerprint density at radius 1 is 1.44 bits per heavy atom. The molecule has 1 aromatic rings. The molecule has 0 saturated heterocycles. The third-order valence-electron chi connectivity index (χ3n) is 2.46. The normalized spacial score (nSPS) is 10.2. The molecule has 2 N–H and O–H groups in total. The number of nitrogens with zero attached hydrogens (tertiary/aromatic N) is 1. The number of carbonyl (C=O) groups excluding carboxylic acids is 2. The summed E-state index contributed by atoms with van der Waals surface area (Å²) < 4.78 is 4.84. The SMILES string of the molecule is CCOC(=O)CN(CC)C(=O)c1cc(N)c(C)s1. The third kappa shape index (κ3) is 3.46. The van der Waals surface area contributed by atoms with E-state index < -0.39 is 5.97 Å². The first kappa shape index (κ1) is 14.5. The Kier molecular flexibility index (Phi) is 5.15. The number of nitrogens with two attached hydrogens (primary N) is 1. The van der Waals surface area contributed by atoms with Crippen LogP contribution in [0.2, 0.25) is 0 Å². The summed E-state index contributed by atoms with van der Waals surface area (Å²) in [6.45, 7) is 6.16. The van der Waals surface area contributed by atoms with Crippen molar-refractivity contribution in [3.8, 4) is 0 Å². The van der Waals surface area contributed by atoms with E-state index >= 15 is 0 Å². The molecule has 0 atom stereocenters. The van der Waals surface area contributed by atoms with Crippen LogP contribution in [0.1, 0.15) is 28.4 Å². The van der Waals surface area contributed by atoms with Crippen molar-refractivity contribution in [2.45, 2.75) is 20.8 Å². The molecule has 0 bridgehead atoms. The quantitative estimate of drug-likeness (QED) is 0.826. The van der Waals surface area contributed by atoms with Crippen LogP contribution in [-0.2, 0) is 9.53 Å². The Hall–Kier alpha value is -1.56. The van der Waals surface area contributed by atoms with Crippen LogP contribution in [0.15, 0.2) is 6.07 Å². The Bertz CT molecular complexity index is 423. The van der Waals surface area contributed by atoms with Gasteiger partial charge in [0, 0.05) is 17.1 Å². The number of rotatable bonds is 5. The summed E-state index contributed by atoms with van der Waals surface area (Å²) in [6, 6.07) is 1.65. The molecule has 0 saturated carbocycles. The van der Waals surface area contributed by atoms with E-state index in [0.29, 0.717) is 23.7 Å². The minimum Gasteiger partial charge on any atom is -0.465 e. The second-order valence-electron chi connectivity index (χ2n) is 3.75. The van der Waals surface area contributed by atoms with Gasteiger partial charge < -0.3 is 15.4 Å². The second-order valence-corrected chi connectivity index (χ2v) is 5.00. The molecule has 0 fully saturated rings. The summed E-state index contributed by atoms with van der Waals surface area (Å²) >= 11 is 1.34. The highest BCUT2D eigenvalue weighted by Crippen LogP contribution is 2.24. The second kappa shape index (κ2) is 6.39. The third-order valence-corrected chi connectivity index (χ3v) is 3.52. The molecule has 0 radical (unpaired) electrons. The molecule has 5 nitrogen and oxygen atoms in total. The monoisotopic (exact) mass is 270 g/mol. The summed E-state index contributed by atoms with van der Waals surface area (Å²) in [5, 5.41) is 0. The van der Waals surface area contributed by atoms with Gasteiger partial charge in [-0.15, -0.1) is 11.3 Å². The number of thiophene rings is 1. The highest BCUT2D eigenvalue weighted by Gasteiger charge is 2.20.